The van der Waals surface area contributed by atoms with E-state index in [1.54, 1.807) is 11.8 Å². The van der Waals surface area contributed by atoms with E-state index in [1.165, 1.54) is 10.5 Å². The van der Waals surface area contributed by atoms with Gasteiger partial charge in [0, 0.05) is 4.90 Å². The highest BCUT2D eigenvalue weighted by Gasteiger charge is 1.99. The van der Waals surface area contributed by atoms with Crippen molar-refractivity contribution in [3.63, 3.8) is 0 Å². The first-order valence-corrected chi connectivity index (χ1v) is 5.17. The van der Waals surface area contributed by atoms with Crippen molar-refractivity contribution in [2.24, 2.45) is 5.84 Å². The van der Waals surface area contributed by atoms with Gasteiger partial charge < -0.3 is 5.43 Å². The van der Waals surface area contributed by atoms with Gasteiger partial charge in [0.05, 0.1) is 5.69 Å². The quantitative estimate of drug-likeness (QED) is 0.428. The molecule has 0 spiro atoms. The van der Waals surface area contributed by atoms with Gasteiger partial charge in [-0.1, -0.05) is 13.0 Å². The molecule has 0 aliphatic heterocycles. The van der Waals surface area contributed by atoms with Crippen molar-refractivity contribution in [2.45, 2.75) is 18.2 Å². The summed E-state index contributed by atoms with van der Waals surface area (Å²) in [6, 6.07) is 6.30. The van der Waals surface area contributed by atoms with Crippen LogP contribution in [0, 0.1) is 0 Å². The number of anilines is 1. The van der Waals surface area contributed by atoms with Crippen molar-refractivity contribution >= 4 is 17.4 Å². The fourth-order valence-electron chi connectivity index (χ4n) is 1.13. The van der Waals surface area contributed by atoms with Gasteiger partial charge in [-0.2, -0.15) is 0 Å². The Balaban J connectivity index is 3.02. The highest BCUT2D eigenvalue weighted by molar-refractivity contribution is 7.98. The standard InChI is InChI=1S/C9H14N2S/c1-3-7-4-5-8(12-2)6-9(7)11-10/h4-6,11H,3,10H2,1-2H3. The fourth-order valence-corrected chi connectivity index (χ4v) is 1.57. The zero-order valence-corrected chi connectivity index (χ0v) is 8.24. The van der Waals surface area contributed by atoms with Gasteiger partial charge in [0.15, 0.2) is 0 Å². The van der Waals surface area contributed by atoms with Gasteiger partial charge in [-0.05, 0) is 30.4 Å². The summed E-state index contributed by atoms with van der Waals surface area (Å²) in [7, 11) is 0. The minimum atomic E-state index is 1.01. The Labute approximate surface area is 77.5 Å². The first-order chi connectivity index (χ1) is 5.81. The Morgan fingerprint density at radius 2 is 2.25 bits per heavy atom. The summed E-state index contributed by atoms with van der Waals surface area (Å²) in [5, 5.41) is 0. The van der Waals surface area contributed by atoms with Crippen LogP contribution in [0.1, 0.15) is 12.5 Å². The van der Waals surface area contributed by atoms with E-state index < -0.39 is 0 Å². The molecule has 0 aromatic heterocycles. The molecule has 0 atom stereocenters. The van der Waals surface area contributed by atoms with E-state index in [4.69, 9.17) is 5.84 Å². The average molecular weight is 182 g/mol. The number of hydrogen-bond donors (Lipinski definition) is 2. The van der Waals surface area contributed by atoms with Crippen LogP contribution in [0.3, 0.4) is 0 Å². The SMILES string of the molecule is CCc1ccc(SC)cc1NN. The van der Waals surface area contributed by atoms with E-state index in [0.717, 1.165) is 12.1 Å². The molecule has 66 valence electrons. The maximum absolute atomic E-state index is 5.39. The minimum absolute atomic E-state index is 1.01. The van der Waals surface area contributed by atoms with Crippen molar-refractivity contribution in [1.29, 1.82) is 0 Å². The van der Waals surface area contributed by atoms with Gasteiger partial charge >= 0.3 is 0 Å². The topological polar surface area (TPSA) is 38.0 Å². The van der Waals surface area contributed by atoms with Crippen LogP contribution in [0.4, 0.5) is 5.69 Å². The Morgan fingerprint density at radius 3 is 2.75 bits per heavy atom. The Hall–Kier alpha value is -0.670. The minimum Gasteiger partial charge on any atom is -0.324 e. The van der Waals surface area contributed by atoms with Crippen LogP contribution in [-0.2, 0) is 6.42 Å². The third-order valence-electron chi connectivity index (χ3n) is 1.85. The first kappa shape index (κ1) is 9.42. The second-order valence-electron chi connectivity index (χ2n) is 2.52. The monoisotopic (exact) mass is 182 g/mol. The molecule has 3 heteroatoms. The molecule has 0 aliphatic rings. The fraction of sp³-hybridized carbons (Fsp3) is 0.333. The molecule has 0 aliphatic carbocycles. The Bertz CT molecular complexity index is 261. The van der Waals surface area contributed by atoms with E-state index in [9.17, 15) is 0 Å². The van der Waals surface area contributed by atoms with Crippen LogP contribution in [0.5, 0.6) is 0 Å². The Morgan fingerprint density at radius 1 is 1.50 bits per heavy atom. The molecule has 12 heavy (non-hydrogen) atoms. The summed E-state index contributed by atoms with van der Waals surface area (Å²) in [6.45, 7) is 2.12. The molecular weight excluding hydrogens is 168 g/mol. The Kier molecular flexibility index (Phi) is 3.44. The molecule has 0 saturated carbocycles. The average Bonchev–Trinajstić information content (AvgIpc) is 2.16. The van der Waals surface area contributed by atoms with Crippen molar-refractivity contribution in [3.8, 4) is 0 Å². The van der Waals surface area contributed by atoms with Crippen LogP contribution in [0.15, 0.2) is 23.1 Å². The van der Waals surface area contributed by atoms with Crippen molar-refractivity contribution < 1.29 is 0 Å². The number of nitrogen functional groups attached to an aromatic ring is 1. The lowest BCUT2D eigenvalue weighted by atomic mass is 10.1. The second-order valence-corrected chi connectivity index (χ2v) is 3.40. The molecule has 0 amide bonds. The van der Waals surface area contributed by atoms with Crippen LogP contribution < -0.4 is 11.3 Å². The molecular formula is C9H14N2S. The number of hydrogen-bond acceptors (Lipinski definition) is 3. The van der Waals surface area contributed by atoms with E-state index in [-0.39, 0.29) is 0 Å². The molecule has 2 nitrogen and oxygen atoms in total. The van der Waals surface area contributed by atoms with Gasteiger partial charge in [0.1, 0.15) is 0 Å². The number of thioether (sulfide) groups is 1. The van der Waals surface area contributed by atoms with Gasteiger partial charge in [-0.15, -0.1) is 11.8 Å². The van der Waals surface area contributed by atoms with Crippen LogP contribution >= 0.6 is 11.8 Å². The van der Waals surface area contributed by atoms with E-state index >= 15 is 0 Å². The molecule has 0 saturated heterocycles. The zero-order chi connectivity index (χ0) is 8.97. The number of aryl methyl sites for hydroxylation is 1. The highest BCUT2D eigenvalue weighted by atomic mass is 32.2. The lowest BCUT2D eigenvalue weighted by Crippen LogP contribution is -2.08. The lowest BCUT2D eigenvalue weighted by Gasteiger charge is -2.07. The molecule has 0 fully saturated rings. The normalized spacial score (nSPS) is 9.92. The smallest absolute Gasteiger partial charge is 0.0528 e. The maximum Gasteiger partial charge on any atom is 0.0528 e. The van der Waals surface area contributed by atoms with Crippen molar-refractivity contribution in [3.05, 3.63) is 23.8 Å². The van der Waals surface area contributed by atoms with E-state index in [2.05, 4.69) is 36.8 Å². The zero-order valence-electron chi connectivity index (χ0n) is 7.42. The predicted octanol–water partition coefficient (Wildman–Crippen LogP) is 2.26. The summed E-state index contributed by atoms with van der Waals surface area (Å²) in [5.41, 5.74) is 5.00. The summed E-state index contributed by atoms with van der Waals surface area (Å²) < 4.78 is 0. The number of rotatable bonds is 3. The van der Waals surface area contributed by atoms with Crippen LogP contribution in [0.2, 0.25) is 0 Å². The van der Waals surface area contributed by atoms with Gasteiger partial charge in [-0.25, -0.2) is 0 Å². The first-order valence-electron chi connectivity index (χ1n) is 3.95. The molecule has 0 bridgehead atoms. The highest BCUT2D eigenvalue weighted by Crippen LogP contribution is 2.22. The van der Waals surface area contributed by atoms with Gasteiger partial charge in [0.25, 0.3) is 0 Å². The largest absolute Gasteiger partial charge is 0.324 e. The van der Waals surface area contributed by atoms with Crippen molar-refractivity contribution in [1.82, 2.24) is 0 Å². The molecule has 0 unspecified atom stereocenters. The summed E-state index contributed by atoms with van der Waals surface area (Å²) in [4.78, 5) is 1.24. The second kappa shape index (κ2) is 4.38. The van der Waals surface area contributed by atoms with Gasteiger partial charge in [-0.3, -0.25) is 5.84 Å². The van der Waals surface area contributed by atoms with Crippen molar-refractivity contribution in [2.75, 3.05) is 11.7 Å². The summed E-state index contributed by atoms with van der Waals surface area (Å²) in [5.74, 6) is 5.39. The number of nitrogens with one attached hydrogen (secondary N) is 1. The predicted molar refractivity (Wildman–Crippen MR) is 55.4 cm³/mol. The maximum atomic E-state index is 5.39. The molecule has 0 radical (unpaired) electrons. The third-order valence-corrected chi connectivity index (χ3v) is 2.58. The van der Waals surface area contributed by atoms with Crippen LogP contribution in [0.25, 0.3) is 0 Å². The van der Waals surface area contributed by atoms with E-state index in [0.29, 0.717) is 0 Å². The van der Waals surface area contributed by atoms with Gasteiger partial charge in [0.2, 0.25) is 0 Å². The molecule has 1 aromatic rings. The summed E-state index contributed by atoms with van der Waals surface area (Å²) >= 11 is 1.72. The van der Waals surface area contributed by atoms with Crippen LogP contribution in [-0.4, -0.2) is 6.26 Å². The number of benzene rings is 1. The molecule has 1 rings (SSSR count). The lowest BCUT2D eigenvalue weighted by molar-refractivity contribution is 1.12. The summed E-state index contributed by atoms with van der Waals surface area (Å²) in [6.07, 6.45) is 3.06. The molecule has 3 N–H and O–H groups in total. The molecule has 0 heterocycles. The third kappa shape index (κ3) is 1.93. The van der Waals surface area contributed by atoms with E-state index in [1.807, 2.05) is 0 Å². The number of nitrogens with two attached hydrogens (primary N) is 1. The number of hydrazine groups is 1. The molecule has 1 aromatic carbocycles.